The minimum absolute atomic E-state index is 0.0131. The normalized spacial score (nSPS) is 22.6. The zero-order chi connectivity index (χ0) is 18.5. The van der Waals surface area contributed by atoms with Gasteiger partial charge in [0.15, 0.2) is 12.4 Å². The number of nitrogens with zero attached hydrogens (tertiary/aromatic N) is 1. The van der Waals surface area contributed by atoms with Gasteiger partial charge in [-0.3, -0.25) is 0 Å². The van der Waals surface area contributed by atoms with E-state index in [2.05, 4.69) is 0 Å². The summed E-state index contributed by atoms with van der Waals surface area (Å²) in [5, 5.41) is 23.1. The number of fused-ring (bicyclic) bond motifs is 1. The molecular formula is C18H18F3NO3. The molecule has 1 aromatic carbocycles. The van der Waals surface area contributed by atoms with Crippen molar-refractivity contribution in [2.45, 2.75) is 32.0 Å². The molecule has 3 rings (SSSR count). The maximum atomic E-state index is 13.2. The molecule has 25 heavy (non-hydrogen) atoms. The Labute approximate surface area is 143 Å². The average Bonchev–Trinajstić information content (AvgIpc) is 2.61. The van der Waals surface area contributed by atoms with Gasteiger partial charge in [-0.25, -0.2) is 0 Å². The smallest absolute Gasteiger partial charge is 0.416 e. The fourth-order valence-corrected chi connectivity index (χ4v) is 3.22. The summed E-state index contributed by atoms with van der Waals surface area (Å²) in [6.45, 7) is 3.93. The first-order chi connectivity index (χ1) is 11.5. The van der Waals surface area contributed by atoms with Gasteiger partial charge in [0.2, 0.25) is 0 Å². The van der Waals surface area contributed by atoms with Crippen molar-refractivity contribution < 1.29 is 27.7 Å². The molecule has 4 nitrogen and oxygen atoms in total. The summed E-state index contributed by atoms with van der Waals surface area (Å²) in [6, 6.07) is 6.03. The molecule has 7 heteroatoms. The maximum Gasteiger partial charge on any atom is 0.416 e. The summed E-state index contributed by atoms with van der Waals surface area (Å²) < 4.78 is 45.6. The fraction of sp³-hybridized carbons (Fsp3) is 0.389. The van der Waals surface area contributed by atoms with Crippen molar-refractivity contribution in [1.82, 2.24) is 0 Å². The molecule has 1 aliphatic rings. The Morgan fingerprint density at radius 1 is 1.24 bits per heavy atom. The third-order valence-electron chi connectivity index (χ3n) is 4.36. The number of halogens is 3. The largest absolute Gasteiger partial charge is 0.619 e. The van der Waals surface area contributed by atoms with Crippen LogP contribution in [0.2, 0.25) is 0 Å². The number of rotatable bonds is 1. The van der Waals surface area contributed by atoms with Gasteiger partial charge in [0.05, 0.1) is 17.7 Å². The van der Waals surface area contributed by atoms with Crippen LogP contribution < -0.4 is 9.47 Å². The van der Waals surface area contributed by atoms with Gasteiger partial charge in [-0.05, 0) is 30.7 Å². The Hall–Kier alpha value is -2.28. The minimum atomic E-state index is -4.55. The molecule has 1 N–H and O–H groups in total. The molecule has 0 radical (unpaired) electrons. The Bertz CT molecular complexity index is 804. The third kappa shape index (κ3) is 3.28. The van der Waals surface area contributed by atoms with Crippen LogP contribution >= 0.6 is 0 Å². The van der Waals surface area contributed by atoms with E-state index in [1.165, 1.54) is 30.6 Å². The number of ether oxygens (including phenoxy) is 1. The summed E-state index contributed by atoms with van der Waals surface area (Å²) in [7, 11) is 0. The molecule has 0 spiro atoms. The van der Waals surface area contributed by atoms with E-state index >= 15 is 0 Å². The molecule has 0 amide bonds. The molecular weight excluding hydrogens is 335 g/mol. The maximum absolute atomic E-state index is 13.2. The second-order valence-electron chi connectivity index (χ2n) is 7.15. The average molecular weight is 353 g/mol. The number of hydrogen-bond donors (Lipinski definition) is 1. The zero-order valence-corrected chi connectivity index (χ0v) is 13.8. The second-order valence-corrected chi connectivity index (χ2v) is 7.15. The van der Waals surface area contributed by atoms with Crippen LogP contribution in [0.3, 0.4) is 0 Å². The van der Waals surface area contributed by atoms with E-state index < -0.39 is 22.8 Å². The van der Waals surface area contributed by atoms with Gasteiger partial charge < -0.3 is 15.1 Å². The minimum Gasteiger partial charge on any atom is -0.619 e. The molecule has 2 heterocycles. The van der Waals surface area contributed by atoms with E-state index in [0.29, 0.717) is 4.73 Å². The van der Waals surface area contributed by atoms with Crippen molar-refractivity contribution in [2.24, 2.45) is 5.41 Å². The molecule has 1 aliphatic heterocycles. The van der Waals surface area contributed by atoms with Gasteiger partial charge in [0.1, 0.15) is 11.4 Å². The first kappa shape index (κ1) is 17.5. The van der Waals surface area contributed by atoms with Crippen LogP contribution in [0, 0.1) is 10.6 Å². The van der Waals surface area contributed by atoms with Crippen molar-refractivity contribution >= 4 is 0 Å². The molecule has 2 aromatic rings. The molecule has 0 bridgehead atoms. The Morgan fingerprint density at radius 3 is 2.60 bits per heavy atom. The van der Waals surface area contributed by atoms with Gasteiger partial charge in [-0.15, -0.1) is 0 Å². The van der Waals surface area contributed by atoms with Crippen molar-refractivity contribution in [2.75, 3.05) is 6.61 Å². The van der Waals surface area contributed by atoms with E-state index in [9.17, 15) is 23.5 Å². The summed E-state index contributed by atoms with van der Waals surface area (Å²) >= 11 is 0. The van der Waals surface area contributed by atoms with E-state index in [4.69, 9.17) is 4.74 Å². The van der Waals surface area contributed by atoms with Crippen LogP contribution in [0.15, 0.2) is 42.7 Å². The molecule has 1 unspecified atom stereocenters. The van der Waals surface area contributed by atoms with Crippen molar-refractivity contribution in [3.63, 3.8) is 0 Å². The van der Waals surface area contributed by atoms with Crippen LogP contribution in [0.5, 0.6) is 5.75 Å². The van der Waals surface area contributed by atoms with Crippen molar-refractivity contribution in [3.05, 3.63) is 64.6 Å². The number of hydrogen-bond acceptors (Lipinski definition) is 3. The van der Waals surface area contributed by atoms with E-state index in [-0.39, 0.29) is 29.9 Å². The highest BCUT2D eigenvalue weighted by atomic mass is 19.4. The van der Waals surface area contributed by atoms with Crippen LogP contribution in [-0.4, -0.2) is 11.7 Å². The molecule has 1 atom stereocenters. The number of aliphatic hydroxyl groups is 1. The quantitative estimate of drug-likeness (QED) is 0.632. The van der Waals surface area contributed by atoms with Gasteiger partial charge in [-0.1, -0.05) is 13.8 Å². The molecule has 1 aromatic heterocycles. The van der Waals surface area contributed by atoms with Crippen LogP contribution in [0.4, 0.5) is 13.2 Å². The lowest BCUT2D eigenvalue weighted by Gasteiger charge is -2.33. The van der Waals surface area contributed by atoms with E-state index in [0.717, 1.165) is 12.1 Å². The highest BCUT2D eigenvalue weighted by Gasteiger charge is 2.45. The Morgan fingerprint density at radius 2 is 1.96 bits per heavy atom. The molecule has 0 saturated carbocycles. The first-order valence-electron chi connectivity index (χ1n) is 7.78. The molecule has 0 fully saturated rings. The highest BCUT2D eigenvalue weighted by molar-refractivity contribution is 5.47. The summed E-state index contributed by atoms with van der Waals surface area (Å²) in [5.74, 6) is 0.183. The number of aromatic nitrogens is 1. The van der Waals surface area contributed by atoms with Gasteiger partial charge >= 0.3 is 6.18 Å². The number of pyridine rings is 1. The monoisotopic (exact) mass is 353 g/mol. The van der Waals surface area contributed by atoms with E-state index in [1.807, 2.05) is 13.8 Å². The van der Waals surface area contributed by atoms with Crippen molar-refractivity contribution in [1.29, 1.82) is 0 Å². The van der Waals surface area contributed by atoms with Crippen LogP contribution in [0.25, 0.3) is 0 Å². The van der Waals surface area contributed by atoms with Crippen LogP contribution in [-0.2, 0) is 11.8 Å². The predicted octanol–water partition coefficient (Wildman–Crippen LogP) is 3.38. The van der Waals surface area contributed by atoms with Gasteiger partial charge in [0, 0.05) is 17.0 Å². The number of benzene rings is 1. The third-order valence-corrected chi connectivity index (χ3v) is 4.36. The standard InChI is InChI=1S/C18H18F3NO3/c1-16(2)10-17(23,13-4-3-7-22(24)9-13)14-8-12(18(19,20)21)5-6-15(14)25-11-16/h3-9,23H,10-11H2,1-2H3. The lowest BCUT2D eigenvalue weighted by atomic mass is 9.74. The molecule has 0 aliphatic carbocycles. The SMILES string of the molecule is CC1(C)COc2ccc(C(F)(F)F)cc2C(O)(c2ccc[n+]([O-])c2)C1. The summed E-state index contributed by atoms with van der Waals surface area (Å²) in [5.41, 5.74) is -2.93. The molecule has 0 saturated heterocycles. The summed E-state index contributed by atoms with van der Waals surface area (Å²) in [4.78, 5) is 0. The van der Waals surface area contributed by atoms with E-state index in [1.54, 1.807) is 0 Å². The van der Waals surface area contributed by atoms with Gasteiger partial charge in [-0.2, -0.15) is 17.9 Å². The lowest BCUT2D eigenvalue weighted by Crippen LogP contribution is -2.36. The van der Waals surface area contributed by atoms with Gasteiger partial charge in [0.25, 0.3) is 0 Å². The van der Waals surface area contributed by atoms with Crippen molar-refractivity contribution in [3.8, 4) is 5.75 Å². The number of alkyl halides is 3. The second kappa shape index (κ2) is 5.62. The Kier molecular flexibility index (Phi) is 3.95. The summed E-state index contributed by atoms with van der Waals surface area (Å²) in [6.07, 6.45) is -2.02. The highest BCUT2D eigenvalue weighted by Crippen LogP contribution is 2.47. The van der Waals surface area contributed by atoms with Crippen LogP contribution in [0.1, 0.15) is 37.0 Å². The first-order valence-corrected chi connectivity index (χ1v) is 7.78. The lowest BCUT2D eigenvalue weighted by molar-refractivity contribution is -0.606. The zero-order valence-electron chi connectivity index (χ0n) is 13.8. The Balaban J connectivity index is 2.25. The predicted molar refractivity (Wildman–Crippen MR) is 83.7 cm³/mol. The fourth-order valence-electron chi connectivity index (χ4n) is 3.22. The topological polar surface area (TPSA) is 56.4 Å². The molecule has 134 valence electrons.